The third-order valence-corrected chi connectivity index (χ3v) is 6.15. The summed E-state index contributed by atoms with van der Waals surface area (Å²) in [5.74, 6) is 0. The number of nitrogens with zero attached hydrogens (tertiary/aromatic N) is 4. The van der Waals surface area contributed by atoms with Crippen molar-refractivity contribution in [1.29, 1.82) is 0 Å². The van der Waals surface area contributed by atoms with Crippen molar-refractivity contribution in [3.8, 4) is 17.1 Å². The summed E-state index contributed by atoms with van der Waals surface area (Å²) in [5.41, 5.74) is 3.09. The molecule has 1 saturated carbocycles. The highest BCUT2D eigenvalue weighted by Gasteiger charge is 2.28. The zero-order chi connectivity index (χ0) is 18.8. The Bertz CT molecular complexity index is 929. The van der Waals surface area contributed by atoms with Gasteiger partial charge in [0, 0.05) is 48.7 Å². The number of hydrogen-bond acceptors (Lipinski definition) is 5. The molecule has 0 atom stereocenters. The molecule has 1 saturated heterocycles. The van der Waals surface area contributed by atoms with E-state index in [1.54, 1.807) is 0 Å². The van der Waals surface area contributed by atoms with E-state index in [0.29, 0.717) is 6.01 Å². The molecule has 5 rings (SSSR count). The normalized spacial score (nSPS) is 19.3. The van der Waals surface area contributed by atoms with E-state index in [4.69, 9.17) is 4.74 Å². The molecule has 0 bridgehead atoms. The van der Waals surface area contributed by atoms with Crippen molar-refractivity contribution < 1.29 is 4.74 Å². The van der Waals surface area contributed by atoms with Crippen LogP contribution in [0.4, 0.5) is 0 Å². The van der Waals surface area contributed by atoms with E-state index >= 15 is 0 Å². The van der Waals surface area contributed by atoms with E-state index in [1.807, 2.05) is 30.7 Å². The van der Waals surface area contributed by atoms with E-state index in [9.17, 15) is 0 Å². The van der Waals surface area contributed by atoms with Crippen LogP contribution in [-0.4, -0.2) is 45.1 Å². The van der Waals surface area contributed by atoms with Crippen molar-refractivity contribution in [2.45, 2.75) is 50.7 Å². The summed E-state index contributed by atoms with van der Waals surface area (Å²) in [4.78, 5) is 16.0. The summed E-state index contributed by atoms with van der Waals surface area (Å²) < 4.78 is 6.07. The lowest BCUT2D eigenvalue weighted by atomic mass is 10.0. The molecule has 1 aliphatic carbocycles. The molecule has 144 valence electrons. The van der Waals surface area contributed by atoms with Gasteiger partial charge in [0.1, 0.15) is 6.10 Å². The summed E-state index contributed by atoms with van der Waals surface area (Å²) in [6.45, 7) is 2.27. The molecule has 0 spiro atoms. The van der Waals surface area contributed by atoms with Gasteiger partial charge in [0.25, 0.3) is 0 Å². The second-order valence-electron chi connectivity index (χ2n) is 7.96. The molecule has 3 heterocycles. The summed E-state index contributed by atoms with van der Waals surface area (Å²) in [5, 5.41) is 1.12. The monoisotopic (exact) mass is 374 g/mol. The van der Waals surface area contributed by atoms with Crippen LogP contribution in [0.25, 0.3) is 22.0 Å². The van der Waals surface area contributed by atoms with E-state index in [-0.39, 0.29) is 6.10 Å². The Labute approximate surface area is 165 Å². The molecule has 0 N–H and O–H groups in total. The topological polar surface area (TPSA) is 51.1 Å². The molecule has 5 heteroatoms. The smallest absolute Gasteiger partial charge is 0.316 e. The number of benzene rings is 1. The number of fused-ring (bicyclic) bond motifs is 1. The Kier molecular flexibility index (Phi) is 4.92. The van der Waals surface area contributed by atoms with E-state index in [0.717, 1.165) is 54.0 Å². The van der Waals surface area contributed by atoms with Crippen LogP contribution in [0.15, 0.2) is 48.9 Å². The van der Waals surface area contributed by atoms with Crippen molar-refractivity contribution in [2.24, 2.45) is 0 Å². The molecular weight excluding hydrogens is 348 g/mol. The third kappa shape index (κ3) is 3.72. The van der Waals surface area contributed by atoms with Crippen molar-refractivity contribution >= 4 is 10.9 Å². The van der Waals surface area contributed by atoms with Gasteiger partial charge in [-0.1, -0.05) is 25.0 Å². The standard InChI is InChI=1S/C23H26N4O/c1-2-6-20(5-1)27-12-9-21(10-13-27)28-23-25-15-19(16-26-23)17-7-8-22-18(14-17)4-3-11-24-22/h3-4,7-8,11,14-16,20-21H,1-2,5-6,9-10,12-13H2. The van der Waals surface area contributed by atoms with Crippen LogP contribution in [0, 0.1) is 0 Å². The number of likely N-dealkylation sites (tertiary alicyclic amines) is 1. The largest absolute Gasteiger partial charge is 0.460 e. The van der Waals surface area contributed by atoms with Crippen LogP contribution in [-0.2, 0) is 0 Å². The third-order valence-electron chi connectivity index (χ3n) is 6.15. The first-order chi connectivity index (χ1) is 13.8. The fraction of sp³-hybridized carbons (Fsp3) is 0.435. The second kappa shape index (κ2) is 7.84. The fourth-order valence-corrected chi connectivity index (χ4v) is 4.56. The first-order valence-corrected chi connectivity index (χ1v) is 10.4. The minimum Gasteiger partial charge on any atom is -0.460 e. The van der Waals surface area contributed by atoms with Crippen molar-refractivity contribution in [2.75, 3.05) is 13.1 Å². The van der Waals surface area contributed by atoms with Crippen LogP contribution < -0.4 is 4.74 Å². The molecule has 1 aliphatic heterocycles. The Balaban J connectivity index is 1.21. The zero-order valence-electron chi connectivity index (χ0n) is 16.1. The van der Waals surface area contributed by atoms with Gasteiger partial charge in [-0.2, -0.15) is 0 Å². The number of piperidine rings is 1. The first kappa shape index (κ1) is 17.6. The average molecular weight is 374 g/mol. The predicted octanol–water partition coefficient (Wildman–Crippen LogP) is 4.48. The Morgan fingerprint density at radius 1 is 0.857 bits per heavy atom. The first-order valence-electron chi connectivity index (χ1n) is 10.4. The van der Waals surface area contributed by atoms with Crippen molar-refractivity contribution in [1.82, 2.24) is 19.9 Å². The maximum absolute atomic E-state index is 6.07. The second-order valence-corrected chi connectivity index (χ2v) is 7.96. The summed E-state index contributed by atoms with van der Waals surface area (Å²) in [6, 6.07) is 11.6. The van der Waals surface area contributed by atoms with Crippen LogP contribution >= 0.6 is 0 Å². The lowest BCUT2D eigenvalue weighted by Crippen LogP contribution is -2.43. The molecular formula is C23H26N4O. The molecule has 0 unspecified atom stereocenters. The van der Waals surface area contributed by atoms with Gasteiger partial charge in [-0.05, 0) is 49.4 Å². The SMILES string of the molecule is c1cnc2ccc(-c3cnc(OC4CCN(C5CCCC5)CC4)nc3)cc2c1. The molecule has 5 nitrogen and oxygen atoms in total. The molecule has 3 aromatic rings. The van der Waals surface area contributed by atoms with Crippen LogP contribution in [0.5, 0.6) is 6.01 Å². The highest BCUT2D eigenvalue weighted by molar-refractivity contribution is 5.83. The molecule has 28 heavy (non-hydrogen) atoms. The minimum atomic E-state index is 0.232. The lowest BCUT2D eigenvalue weighted by molar-refractivity contribution is 0.0710. The zero-order valence-corrected chi connectivity index (χ0v) is 16.1. The van der Waals surface area contributed by atoms with Crippen molar-refractivity contribution in [3.63, 3.8) is 0 Å². The van der Waals surface area contributed by atoms with Gasteiger partial charge in [-0.15, -0.1) is 0 Å². The number of aromatic nitrogens is 3. The number of pyridine rings is 1. The summed E-state index contributed by atoms with van der Waals surface area (Å²) in [6.07, 6.45) is 13.4. The lowest BCUT2D eigenvalue weighted by Gasteiger charge is -2.35. The van der Waals surface area contributed by atoms with Gasteiger partial charge in [-0.25, -0.2) is 9.97 Å². The van der Waals surface area contributed by atoms with Gasteiger partial charge in [0.2, 0.25) is 0 Å². The molecule has 2 fully saturated rings. The Hall–Kier alpha value is -2.53. The van der Waals surface area contributed by atoms with E-state index in [1.165, 1.54) is 25.7 Å². The molecule has 1 aromatic carbocycles. The Morgan fingerprint density at radius 3 is 2.43 bits per heavy atom. The van der Waals surface area contributed by atoms with Gasteiger partial charge < -0.3 is 9.64 Å². The summed E-state index contributed by atoms with van der Waals surface area (Å²) in [7, 11) is 0. The molecule has 2 aromatic heterocycles. The maximum Gasteiger partial charge on any atom is 0.316 e. The van der Waals surface area contributed by atoms with Gasteiger partial charge >= 0.3 is 6.01 Å². The summed E-state index contributed by atoms with van der Waals surface area (Å²) >= 11 is 0. The highest BCUT2D eigenvalue weighted by atomic mass is 16.5. The van der Waals surface area contributed by atoms with Crippen LogP contribution in [0.2, 0.25) is 0 Å². The van der Waals surface area contributed by atoms with Crippen LogP contribution in [0.3, 0.4) is 0 Å². The molecule has 0 radical (unpaired) electrons. The van der Waals surface area contributed by atoms with Crippen LogP contribution in [0.1, 0.15) is 38.5 Å². The van der Waals surface area contributed by atoms with E-state index in [2.05, 4.69) is 38.1 Å². The van der Waals surface area contributed by atoms with Gasteiger partial charge in [0.05, 0.1) is 5.52 Å². The predicted molar refractivity (Wildman–Crippen MR) is 110 cm³/mol. The van der Waals surface area contributed by atoms with E-state index < -0.39 is 0 Å². The molecule has 0 amide bonds. The quantitative estimate of drug-likeness (QED) is 0.674. The number of ether oxygens (including phenoxy) is 1. The number of hydrogen-bond donors (Lipinski definition) is 0. The number of rotatable bonds is 4. The Morgan fingerprint density at radius 2 is 1.64 bits per heavy atom. The maximum atomic E-state index is 6.07. The minimum absolute atomic E-state index is 0.232. The fourth-order valence-electron chi connectivity index (χ4n) is 4.56. The molecule has 2 aliphatic rings. The van der Waals surface area contributed by atoms with Crippen molar-refractivity contribution in [3.05, 3.63) is 48.9 Å². The van der Waals surface area contributed by atoms with Gasteiger partial charge in [0.15, 0.2) is 0 Å². The average Bonchev–Trinajstić information content (AvgIpc) is 3.29. The van der Waals surface area contributed by atoms with Gasteiger partial charge in [-0.3, -0.25) is 4.98 Å². The highest BCUT2D eigenvalue weighted by Crippen LogP contribution is 2.27.